The van der Waals surface area contributed by atoms with Crippen molar-refractivity contribution in [3.8, 4) is 0 Å². The smallest absolute Gasteiger partial charge is 0.309 e. The number of aliphatic hydroxyl groups excluding tert-OH is 2. The summed E-state index contributed by atoms with van der Waals surface area (Å²) in [6.45, 7) is 13.9. The van der Waals surface area contributed by atoms with Crippen LogP contribution < -0.4 is 0 Å². The highest BCUT2D eigenvalue weighted by atomic mass is 16.4. The minimum Gasteiger partial charge on any atom is -0.481 e. The second-order valence-electron chi connectivity index (χ2n) is 12.3. The topological polar surface area (TPSA) is 115 Å². The minimum atomic E-state index is -0.921. The van der Waals surface area contributed by atoms with Crippen LogP contribution in [0, 0.1) is 35.0 Å². The van der Waals surface area contributed by atoms with E-state index in [-0.39, 0.29) is 29.0 Å². The zero-order valence-corrected chi connectivity index (χ0v) is 22.2. The van der Waals surface area contributed by atoms with Crippen LogP contribution in [0.3, 0.4) is 0 Å². The normalized spacial score (nSPS) is 36.8. The Morgan fingerprint density at radius 1 is 1.11 bits per heavy atom. The lowest BCUT2D eigenvalue weighted by atomic mass is 9.50. The second kappa shape index (κ2) is 10.5. The van der Waals surface area contributed by atoms with Crippen molar-refractivity contribution in [3.05, 3.63) is 23.3 Å². The number of Topliss-reactive ketones (excluding diaryl/α,β-unsaturated/α-hetero) is 1. The van der Waals surface area contributed by atoms with Gasteiger partial charge in [0.1, 0.15) is 5.78 Å². The fourth-order valence-electron chi connectivity index (χ4n) is 7.17. The first-order valence-electron chi connectivity index (χ1n) is 13.4. The van der Waals surface area contributed by atoms with Crippen LogP contribution >= 0.6 is 0 Å². The maximum atomic E-state index is 13.0. The molecule has 3 aliphatic carbocycles. The number of aliphatic carboxylic acids is 1. The van der Waals surface area contributed by atoms with Gasteiger partial charge >= 0.3 is 5.97 Å². The van der Waals surface area contributed by atoms with Gasteiger partial charge in [0, 0.05) is 18.3 Å². The Bertz CT molecular complexity index is 870. The van der Waals surface area contributed by atoms with Crippen LogP contribution in [-0.2, 0) is 9.59 Å². The molecule has 0 aromatic carbocycles. The summed E-state index contributed by atoms with van der Waals surface area (Å²) in [6, 6.07) is 0. The van der Waals surface area contributed by atoms with Crippen LogP contribution in [0.15, 0.2) is 23.3 Å². The average molecular weight is 491 g/mol. The van der Waals surface area contributed by atoms with Crippen molar-refractivity contribution in [2.24, 2.45) is 35.0 Å². The largest absolute Gasteiger partial charge is 0.481 e. The van der Waals surface area contributed by atoms with E-state index < -0.39 is 35.6 Å². The molecule has 8 unspecified atom stereocenters. The van der Waals surface area contributed by atoms with E-state index in [2.05, 4.69) is 13.5 Å². The van der Waals surface area contributed by atoms with Gasteiger partial charge in [-0.1, -0.05) is 51.0 Å². The molecule has 6 heteroatoms. The van der Waals surface area contributed by atoms with Gasteiger partial charge in [0.05, 0.1) is 23.7 Å². The van der Waals surface area contributed by atoms with Gasteiger partial charge in [0.15, 0.2) is 0 Å². The first-order valence-corrected chi connectivity index (χ1v) is 13.4. The zero-order chi connectivity index (χ0) is 26.3. The fraction of sp³-hybridized carbons (Fsp3) is 0.793. The molecule has 3 aliphatic rings. The SMILES string of the molecule is C=C(CC(O)C(C)C(=O)CCC1C2=C(CCC1(C)O)C1(C)CCC(O)C(C(=O)O)C1CC2)C(C)C. The summed E-state index contributed by atoms with van der Waals surface area (Å²) in [4.78, 5) is 25.0. The number of fused-ring (bicyclic) bond motifs is 2. The molecule has 0 bridgehead atoms. The number of carboxylic acids is 1. The lowest BCUT2D eigenvalue weighted by Crippen LogP contribution is -2.52. The maximum absolute atomic E-state index is 13.0. The number of carbonyl (C=O) groups is 2. The Labute approximate surface area is 210 Å². The Kier molecular flexibility index (Phi) is 8.40. The van der Waals surface area contributed by atoms with Crippen LogP contribution in [0.2, 0.25) is 0 Å². The third-order valence-corrected chi connectivity index (χ3v) is 9.82. The molecule has 4 N–H and O–H groups in total. The summed E-state index contributed by atoms with van der Waals surface area (Å²) < 4.78 is 0. The molecule has 1 saturated carbocycles. The molecule has 35 heavy (non-hydrogen) atoms. The number of carboxylic acid groups (broad SMARTS) is 1. The van der Waals surface area contributed by atoms with Crippen LogP contribution in [0.4, 0.5) is 0 Å². The Morgan fingerprint density at radius 3 is 2.37 bits per heavy atom. The van der Waals surface area contributed by atoms with Crippen LogP contribution in [-0.4, -0.2) is 50.0 Å². The maximum Gasteiger partial charge on any atom is 0.309 e. The van der Waals surface area contributed by atoms with Gasteiger partial charge in [-0.3, -0.25) is 9.59 Å². The van der Waals surface area contributed by atoms with Crippen molar-refractivity contribution in [2.45, 2.75) is 110 Å². The summed E-state index contributed by atoms with van der Waals surface area (Å²) >= 11 is 0. The number of allylic oxidation sites excluding steroid dienone is 1. The standard InChI is InChI=1S/C29H46O6/c1-16(2)17(3)15-25(32)18(4)23(30)10-9-21-19-7-8-22-26(27(33)34)24(31)12-13-28(22,5)20(19)11-14-29(21,6)35/h16,18,21-22,24-26,31-32,35H,3,7-15H2,1-2,4-6H3,(H,33,34). The lowest BCUT2D eigenvalue weighted by Gasteiger charge is -2.55. The molecule has 0 aromatic heterocycles. The van der Waals surface area contributed by atoms with Crippen LogP contribution in [0.5, 0.6) is 0 Å². The Balaban J connectivity index is 1.79. The molecule has 0 amide bonds. The van der Waals surface area contributed by atoms with Gasteiger partial charge in [-0.05, 0) is 75.5 Å². The number of hydrogen-bond acceptors (Lipinski definition) is 5. The second-order valence-corrected chi connectivity index (χ2v) is 12.3. The number of rotatable bonds is 9. The van der Waals surface area contributed by atoms with Gasteiger partial charge in [-0.2, -0.15) is 0 Å². The van der Waals surface area contributed by atoms with Gasteiger partial charge in [0.2, 0.25) is 0 Å². The monoisotopic (exact) mass is 490 g/mol. The average Bonchev–Trinajstić information content (AvgIpc) is 2.76. The van der Waals surface area contributed by atoms with Gasteiger partial charge in [0.25, 0.3) is 0 Å². The third-order valence-electron chi connectivity index (χ3n) is 9.82. The van der Waals surface area contributed by atoms with Crippen LogP contribution in [0.1, 0.15) is 92.4 Å². The van der Waals surface area contributed by atoms with Gasteiger partial charge in [-0.15, -0.1) is 0 Å². The van der Waals surface area contributed by atoms with Crippen molar-refractivity contribution in [3.63, 3.8) is 0 Å². The molecule has 0 saturated heterocycles. The van der Waals surface area contributed by atoms with E-state index in [1.807, 2.05) is 20.8 Å². The Morgan fingerprint density at radius 2 is 1.77 bits per heavy atom. The summed E-state index contributed by atoms with van der Waals surface area (Å²) in [7, 11) is 0. The number of ketones is 1. The number of aliphatic hydroxyl groups is 3. The molecule has 3 rings (SSSR count). The zero-order valence-electron chi connectivity index (χ0n) is 22.2. The van der Waals surface area contributed by atoms with E-state index in [1.165, 1.54) is 11.1 Å². The van der Waals surface area contributed by atoms with Gasteiger partial charge in [-0.25, -0.2) is 0 Å². The highest BCUT2D eigenvalue weighted by Crippen LogP contribution is 2.60. The molecule has 0 heterocycles. The molecule has 0 aromatic rings. The highest BCUT2D eigenvalue weighted by molar-refractivity contribution is 5.81. The number of hydrogen-bond donors (Lipinski definition) is 4. The van der Waals surface area contributed by atoms with E-state index in [9.17, 15) is 30.0 Å². The molecule has 0 spiro atoms. The van der Waals surface area contributed by atoms with Crippen molar-refractivity contribution in [2.75, 3.05) is 0 Å². The summed E-state index contributed by atoms with van der Waals surface area (Å²) in [5.41, 5.74) is 2.18. The minimum absolute atomic E-state index is 0.00390. The van der Waals surface area contributed by atoms with Gasteiger partial charge < -0.3 is 20.4 Å². The first-order chi connectivity index (χ1) is 16.2. The predicted octanol–water partition coefficient (Wildman–Crippen LogP) is 4.66. The fourth-order valence-corrected chi connectivity index (χ4v) is 7.17. The lowest BCUT2D eigenvalue weighted by molar-refractivity contribution is -0.156. The predicted molar refractivity (Wildman–Crippen MR) is 136 cm³/mol. The highest BCUT2D eigenvalue weighted by Gasteiger charge is 2.55. The molecule has 0 aliphatic heterocycles. The van der Waals surface area contributed by atoms with E-state index in [0.717, 1.165) is 18.4 Å². The summed E-state index contributed by atoms with van der Waals surface area (Å²) in [5.74, 6) is -2.17. The summed E-state index contributed by atoms with van der Waals surface area (Å²) in [6.07, 6.45) is 3.58. The van der Waals surface area contributed by atoms with Crippen LogP contribution in [0.25, 0.3) is 0 Å². The number of carbonyl (C=O) groups excluding carboxylic acids is 1. The van der Waals surface area contributed by atoms with Crippen molar-refractivity contribution in [1.29, 1.82) is 0 Å². The molecular formula is C29H46O6. The first kappa shape index (κ1) is 28.1. The summed E-state index contributed by atoms with van der Waals surface area (Å²) in [5, 5.41) is 42.2. The van der Waals surface area contributed by atoms with Crippen molar-refractivity contribution in [1.82, 2.24) is 0 Å². The molecule has 0 radical (unpaired) electrons. The molecule has 8 atom stereocenters. The third kappa shape index (κ3) is 5.45. The quantitative estimate of drug-likeness (QED) is 0.349. The molecule has 6 nitrogen and oxygen atoms in total. The Hall–Kier alpha value is -1.50. The van der Waals surface area contributed by atoms with Crippen molar-refractivity contribution >= 4 is 11.8 Å². The van der Waals surface area contributed by atoms with E-state index >= 15 is 0 Å². The van der Waals surface area contributed by atoms with Crippen molar-refractivity contribution < 1.29 is 30.0 Å². The molecule has 198 valence electrons. The van der Waals surface area contributed by atoms with E-state index in [0.29, 0.717) is 44.9 Å². The van der Waals surface area contributed by atoms with E-state index in [4.69, 9.17) is 0 Å². The molecular weight excluding hydrogens is 444 g/mol. The molecule has 1 fully saturated rings. The van der Waals surface area contributed by atoms with E-state index in [1.54, 1.807) is 6.92 Å².